The number of aromatic carboxylic acids is 1. The molecule has 0 unspecified atom stereocenters. The normalized spacial score (nSPS) is 17.1. The molecule has 0 aromatic heterocycles. The molecule has 0 aliphatic carbocycles. The van der Waals surface area contributed by atoms with Crippen LogP contribution in [0.4, 0.5) is 0 Å². The van der Waals surface area contributed by atoms with Gasteiger partial charge in [-0.25, -0.2) is 4.79 Å². The maximum atomic E-state index is 10.9. The molecule has 0 saturated carbocycles. The minimum Gasteiger partial charge on any atom is -0.491 e. The van der Waals surface area contributed by atoms with Crippen molar-refractivity contribution >= 4 is 28.6 Å². The van der Waals surface area contributed by atoms with Crippen LogP contribution < -0.4 is 4.74 Å². The standard InChI is InChI=1S/C14H19IN2O3/c1-16-4-6-17(7-5-16)8-9-20-13-10-11(14(18)19)2-3-12(13)15/h2-3,10H,4-9H2,1H3,(H,18,19). The van der Waals surface area contributed by atoms with Crippen molar-refractivity contribution in [3.05, 3.63) is 27.3 Å². The topological polar surface area (TPSA) is 53.0 Å². The number of nitrogens with zero attached hydrogens (tertiary/aromatic N) is 2. The molecule has 0 spiro atoms. The third-order valence-corrected chi connectivity index (χ3v) is 4.33. The smallest absolute Gasteiger partial charge is 0.335 e. The molecule has 110 valence electrons. The summed E-state index contributed by atoms with van der Waals surface area (Å²) in [5, 5.41) is 8.98. The van der Waals surface area contributed by atoms with E-state index in [1.165, 1.54) is 0 Å². The third kappa shape index (κ3) is 4.32. The highest BCUT2D eigenvalue weighted by Gasteiger charge is 2.14. The fraction of sp³-hybridized carbons (Fsp3) is 0.500. The number of piperazine rings is 1. The summed E-state index contributed by atoms with van der Waals surface area (Å²) in [7, 11) is 2.13. The highest BCUT2D eigenvalue weighted by atomic mass is 127. The van der Waals surface area contributed by atoms with E-state index < -0.39 is 5.97 Å². The van der Waals surface area contributed by atoms with Gasteiger partial charge < -0.3 is 14.7 Å². The average molecular weight is 390 g/mol. The zero-order chi connectivity index (χ0) is 14.5. The second-order valence-corrected chi connectivity index (χ2v) is 6.11. The molecule has 1 aromatic rings. The number of ether oxygens (including phenoxy) is 1. The average Bonchev–Trinajstić information content (AvgIpc) is 2.43. The Hall–Kier alpha value is -0.860. The monoisotopic (exact) mass is 390 g/mol. The minimum absolute atomic E-state index is 0.264. The molecule has 1 aliphatic rings. The van der Waals surface area contributed by atoms with Gasteiger partial charge in [-0.05, 0) is 47.8 Å². The van der Waals surface area contributed by atoms with Gasteiger partial charge in [0.05, 0.1) is 9.13 Å². The predicted octanol–water partition coefficient (Wildman–Crippen LogP) is 1.62. The van der Waals surface area contributed by atoms with Crippen molar-refractivity contribution in [3.8, 4) is 5.75 Å². The SMILES string of the molecule is CN1CCN(CCOc2cc(C(=O)O)ccc2I)CC1. The Morgan fingerprint density at radius 3 is 2.70 bits per heavy atom. The van der Waals surface area contributed by atoms with E-state index in [0.29, 0.717) is 12.4 Å². The maximum Gasteiger partial charge on any atom is 0.335 e. The van der Waals surface area contributed by atoms with Crippen LogP contribution in [0.1, 0.15) is 10.4 Å². The Morgan fingerprint density at radius 1 is 1.35 bits per heavy atom. The molecule has 5 nitrogen and oxygen atoms in total. The molecule has 6 heteroatoms. The number of hydrogen-bond acceptors (Lipinski definition) is 4. The largest absolute Gasteiger partial charge is 0.491 e. The lowest BCUT2D eigenvalue weighted by molar-refractivity contribution is 0.0696. The van der Waals surface area contributed by atoms with Gasteiger partial charge >= 0.3 is 5.97 Å². The van der Waals surface area contributed by atoms with E-state index in [-0.39, 0.29) is 5.56 Å². The first-order chi connectivity index (χ1) is 9.56. The van der Waals surface area contributed by atoms with Crippen LogP contribution in [0.2, 0.25) is 0 Å². The molecule has 0 bridgehead atoms. The first-order valence-electron chi connectivity index (χ1n) is 6.63. The zero-order valence-electron chi connectivity index (χ0n) is 11.5. The molecule has 1 fully saturated rings. The number of likely N-dealkylation sites (N-methyl/N-ethyl adjacent to an activating group) is 1. The number of carboxylic acid groups (broad SMARTS) is 1. The molecule has 1 aliphatic heterocycles. The molecule has 2 rings (SSSR count). The van der Waals surface area contributed by atoms with E-state index in [4.69, 9.17) is 9.84 Å². The number of carbonyl (C=O) groups is 1. The molecular weight excluding hydrogens is 371 g/mol. The highest BCUT2D eigenvalue weighted by molar-refractivity contribution is 14.1. The van der Waals surface area contributed by atoms with Gasteiger partial charge in [-0.15, -0.1) is 0 Å². The van der Waals surface area contributed by atoms with Crippen molar-refractivity contribution in [1.82, 2.24) is 9.80 Å². The quantitative estimate of drug-likeness (QED) is 0.775. The Morgan fingerprint density at radius 2 is 2.05 bits per heavy atom. The summed E-state index contributed by atoms with van der Waals surface area (Å²) in [6.45, 7) is 5.76. The second-order valence-electron chi connectivity index (χ2n) is 4.94. The fourth-order valence-corrected chi connectivity index (χ4v) is 2.59. The van der Waals surface area contributed by atoms with E-state index >= 15 is 0 Å². The van der Waals surface area contributed by atoms with Crippen LogP contribution in [0.3, 0.4) is 0 Å². The molecule has 0 atom stereocenters. The van der Waals surface area contributed by atoms with Crippen molar-refractivity contribution < 1.29 is 14.6 Å². The molecule has 1 aromatic carbocycles. The minimum atomic E-state index is -0.926. The second kappa shape index (κ2) is 7.24. The van der Waals surface area contributed by atoms with Crippen molar-refractivity contribution in [2.75, 3.05) is 46.4 Å². The lowest BCUT2D eigenvalue weighted by Gasteiger charge is -2.32. The van der Waals surface area contributed by atoms with Gasteiger partial charge in [-0.1, -0.05) is 0 Å². The maximum absolute atomic E-state index is 10.9. The number of carboxylic acids is 1. The van der Waals surface area contributed by atoms with Gasteiger partial charge in [-0.2, -0.15) is 0 Å². The van der Waals surface area contributed by atoms with Gasteiger partial charge in [0.1, 0.15) is 12.4 Å². The van der Waals surface area contributed by atoms with E-state index in [1.54, 1.807) is 18.2 Å². The molecule has 1 saturated heterocycles. The molecular formula is C14H19IN2O3. The molecule has 0 amide bonds. The summed E-state index contributed by atoms with van der Waals surface area (Å²) in [6, 6.07) is 4.96. The lowest BCUT2D eigenvalue weighted by atomic mass is 10.2. The van der Waals surface area contributed by atoms with Crippen molar-refractivity contribution in [1.29, 1.82) is 0 Å². The van der Waals surface area contributed by atoms with Crippen molar-refractivity contribution in [2.24, 2.45) is 0 Å². The molecule has 1 N–H and O–H groups in total. The van der Waals surface area contributed by atoms with Crippen LogP contribution in [0.15, 0.2) is 18.2 Å². The van der Waals surface area contributed by atoms with Crippen LogP contribution in [-0.4, -0.2) is 67.3 Å². The van der Waals surface area contributed by atoms with E-state index in [9.17, 15) is 4.79 Å². The Kier molecular flexibility index (Phi) is 5.62. The van der Waals surface area contributed by atoms with Gasteiger partial charge in [0.2, 0.25) is 0 Å². The zero-order valence-corrected chi connectivity index (χ0v) is 13.7. The van der Waals surface area contributed by atoms with Crippen molar-refractivity contribution in [3.63, 3.8) is 0 Å². The van der Waals surface area contributed by atoms with Crippen LogP contribution in [0.5, 0.6) is 5.75 Å². The summed E-state index contributed by atoms with van der Waals surface area (Å²) in [6.07, 6.45) is 0. The summed E-state index contributed by atoms with van der Waals surface area (Å²) in [4.78, 5) is 15.6. The first kappa shape index (κ1) is 15.5. The van der Waals surface area contributed by atoms with Gasteiger partial charge in [0, 0.05) is 32.7 Å². The summed E-state index contributed by atoms with van der Waals surface area (Å²) in [5.41, 5.74) is 0.264. The lowest BCUT2D eigenvalue weighted by Crippen LogP contribution is -2.45. The highest BCUT2D eigenvalue weighted by Crippen LogP contribution is 2.22. The number of hydrogen-bond donors (Lipinski definition) is 1. The van der Waals surface area contributed by atoms with Gasteiger partial charge in [-0.3, -0.25) is 4.90 Å². The van der Waals surface area contributed by atoms with Gasteiger partial charge in [0.15, 0.2) is 0 Å². The van der Waals surface area contributed by atoms with Crippen LogP contribution in [0, 0.1) is 3.57 Å². The van der Waals surface area contributed by atoms with Crippen molar-refractivity contribution in [2.45, 2.75) is 0 Å². The Bertz CT molecular complexity index is 473. The fourth-order valence-electron chi connectivity index (χ4n) is 2.10. The Balaban J connectivity index is 1.84. The number of rotatable bonds is 5. The first-order valence-corrected chi connectivity index (χ1v) is 7.70. The van der Waals surface area contributed by atoms with E-state index in [2.05, 4.69) is 39.4 Å². The third-order valence-electron chi connectivity index (χ3n) is 3.44. The van der Waals surface area contributed by atoms with Gasteiger partial charge in [0.25, 0.3) is 0 Å². The molecule has 1 heterocycles. The summed E-state index contributed by atoms with van der Waals surface area (Å²) < 4.78 is 6.67. The molecule has 0 radical (unpaired) electrons. The predicted molar refractivity (Wildman–Crippen MR) is 85.6 cm³/mol. The van der Waals surface area contributed by atoms with E-state index in [1.807, 2.05) is 0 Å². The summed E-state index contributed by atoms with van der Waals surface area (Å²) in [5.74, 6) is -0.273. The van der Waals surface area contributed by atoms with E-state index in [0.717, 1.165) is 36.3 Å². The van der Waals surface area contributed by atoms with Crippen LogP contribution >= 0.6 is 22.6 Å². The summed E-state index contributed by atoms with van der Waals surface area (Å²) >= 11 is 2.16. The number of benzene rings is 1. The Labute approximate surface area is 132 Å². The van der Waals surface area contributed by atoms with Crippen LogP contribution in [-0.2, 0) is 0 Å². The number of halogens is 1. The molecule has 20 heavy (non-hydrogen) atoms. The van der Waals surface area contributed by atoms with Crippen LogP contribution in [0.25, 0.3) is 0 Å².